The number of nitrogens with one attached hydrogen (secondary N) is 2. The van der Waals surface area contributed by atoms with Gasteiger partial charge in [-0.1, -0.05) is 12.5 Å². The lowest BCUT2D eigenvalue weighted by molar-refractivity contribution is 0.413. The molecular formula is C13H19N5. The summed E-state index contributed by atoms with van der Waals surface area (Å²) in [6, 6.07) is 4.59. The molecule has 0 radical (unpaired) electrons. The number of hydrogen-bond acceptors (Lipinski definition) is 4. The highest BCUT2D eigenvalue weighted by Crippen LogP contribution is 2.11. The monoisotopic (exact) mass is 245 g/mol. The zero-order valence-corrected chi connectivity index (χ0v) is 10.7. The molecule has 0 aliphatic carbocycles. The molecule has 5 nitrogen and oxygen atoms in total. The number of aromatic nitrogens is 3. The van der Waals surface area contributed by atoms with Gasteiger partial charge in [-0.3, -0.25) is 0 Å². The van der Waals surface area contributed by atoms with Gasteiger partial charge >= 0.3 is 0 Å². The third kappa shape index (κ3) is 2.31. The van der Waals surface area contributed by atoms with E-state index in [1.807, 2.05) is 16.8 Å². The average molecular weight is 245 g/mol. The van der Waals surface area contributed by atoms with Crippen molar-refractivity contribution in [2.24, 2.45) is 0 Å². The Bertz CT molecular complexity index is 527. The van der Waals surface area contributed by atoms with Crippen LogP contribution >= 0.6 is 0 Å². The number of piperidine rings is 1. The molecule has 96 valence electrons. The van der Waals surface area contributed by atoms with Gasteiger partial charge < -0.3 is 10.6 Å². The van der Waals surface area contributed by atoms with Gasteiger partial charge in [-0.05, 0) is 37.9 Å². The molecule has 0 spiro atoms. The van der Waals surface area contributed by atoms with E-state index < -0.39 is 0 Å². The number of pyridine rings is 1. The number of aryl methyl sites for hydroxylation is 1. The van der Waals surface area contributed by atoms with Crippen molar-refractivity contribution in [1.29, 1.82) is 0 Å². The Hall–Kier alpha value is -1.62. The summed E-state index contributed by atoms with van der Waals surface area (Å²) < 4.78 is 1.83. The van der Waals surface area contributed by atoms with Crippen molar-refractivity contribution in [2.45, 2.75) is 32.2 Å². The van der Waals surface area contributed by atoms with Crippen LogP contribution in [0.25, 0.3) is 5.65 Å². The molecule has 3 heterocycles. The molecule has 1 atom stereocenters. The summed E-state index contributed by atoms with van der Waals surface area (Å²) in [7, 11) is 0. The van der Waals surface area contributed by atoms with Crippen molar-refractivity contribution in [3.05, 3.63) is 23.9 Å². The maximum Gasteiger partial charge on any atom is 0.243 e. The van der Waals surface area contributed by atoms with Crippen LogP contribution in [0.5, 0.6) is 0 Å². The standard InChI is InChI=1S/C13H19N5/c1-10-5-4-8-18-12(10)16-13(17-18)15-9-11-6-2-3-7-14-11/h4-5,8,11,14H,2-3,6-7,9H2,1H3,(H,15,17). The van der Waals surface area contributed by atoms with Crippen LogP contribution in [0.1, 0.15) is 24.8 Å². The first-order valence-corrected chi connectivity index (χ1v) is 6.62. The van der Waals surface area contributed by atoms with Crippen LogP contribution in [-0.2, 0) is 0 Å². The van der Waals surface area contributed by atoms with Crippen molar-refractivity contribution < 1.29 is 0 Å². The highest BCUT2D eigenvalue weighted by atomic mass is 15.3. The van der Waals surface area contributed by atoms with E-state index in [4.69, 9.17) is 0 Å². The van der Waals surface area contributed by atoms with Crippen molar-refractivity contribution >= 4 is 11.6 Å². The van der Waals surface area contributed by atoms with Gasteiger partial charge in [0.1, 0.15) is 0 Å². The van der Waals surface area contributed by atoms with E-state index >= 15 is 0 Å². The lowest BCUT2D eigenvalue weighted by Gasteiger charge is -2.23. The second kappa shape index (κ2) is 4.94. The second-order valence-electron chi connectivity index (χ2n) is 4.92. The van der Waals surface area contributed by atoms with E-state index in [-0.39, 0.29) is 0 Å². The fourth-order valence-corrected chi connectivity index (χ4v) is 2.43. The Morgan fingerprint density at radius 1 is 1.50 bits per heavy atom. The normalized spacial score (nSPS) is 20.2. The van der Waals surface area contributed by atoms with E-state index in [1.54, 1.807) is 0 Å². The molecule has 1 fully saturated rings. The minimum absolute atomic E-state index is 0.548. The molecule has 1 aliphatic rings. The Morgan fingerprint density at radius 3 is 3.22 bits per heavy atom. The maximum absolute atomic E-state index is 4.51. The first-order chi connectivity index (χ1) is 8.83. The number of fused-ring (bicyclic) bond motifs is 1. The number of rotatable bonds is 3. The van der Waals surface area contributed by atoms with Gasteiger partial charge in [-0.25, -0.2) is 4.52 Å². The van der Waals surface area contributed by atoms with E-state index in [2.05, 4.69) is 33.7 Å². The van der Waals surface area contributed by atoms with Crippen LogP contribution in [0.15, 0.2) is 18.3 Å². The molecule has 2 aromatic rings. The maximum atomic E-state index is 4.51. The fourth-order valence-electron chi connectivity index (χ4n) is 2.43. The third-order valence-electron chi connectivity index (χ3n) is 3.48. The predicted octanol–water partition coefficient (Wildman–Crippen LogP) is 1.59. The van der Waals surface area contributed by atoms with Gasteiger partial charge in [0, 0.05) is 18.8 Å². The van der Waals surface area contributed by atoms with Gasteiger partial charge in [0.05, 0.1) is 0 Å². The summed E-state index contributed by atoms with van der Waals surface area (Å²) >= 11 is 0. The molecule has 1 unspecified atom stereocenters. The van der Waals surface area contributed by atoms with Gasteiger partial charge in [0.2, 0.25) is 5.95 Å². The molecular weight excluding hydrogens is 226 g/mol. The van der Waals surface area contributed by atoms with Crippen molar-refractivity contribution in [1.82, 2.24) is 19.9 Å². The summed E-state index contributed by atoms with van der Waals surface area (Å²) in [4.78, 5) is 4.51. The van der Waals surface area contributed by atoms with Crippen LogP contribution < -0.4 is 10.6 Å². The zero-order chi connectivity index (χ0) is 12.4. The molecule has 5 heteroatoms. The zero-order valence-electron chi connectivity index (χ0n) is 10.7. The number of hydrogen-bond donors (Lipinski definition) is 2. The molecule has 1 saturated heterocycles. The Kier molecular flexibility index (Phi) is 3.15. The van der Waals surface area contributed by atoms with Crippen LogP contribution in [0.2, 0.25) is 0 Å². The molecule has 3 rings (SSSR count). The average Bonchev–Trinajstić information content (AvgIpc) is 2.82. The topological polar surface area (TPSA) is 54.2 Å². The molecule has 0 amide bonds. The minimum atomic E-state index is 0.548. The van der Waals surface area contributed by atoms with Crippen molar-refractivity contribution in [2.75, 3.05) is 18.4 Å². The SMILES string of the molecule is Cc1cccn2nc(NCC3CCCCN3)nc12. The van der Waals surface area contributed by atoms with Crippen LogP contribution in [0, 0.1) is 6.92 Å². The third-order valence-corrected chi connectivity index (χ3v) is 3.48. The predicted molar refractivity (Wildman–Crippen MR) is 71.9 cm³/mol. The summed E-state index contributed by atoms with van der Waals surface area (Å²) in [5, 5.41) is 11.3. The first-order valence-electron chi connectivity index (χ1n) is 6.62. The lowest BCUT2D eigenvalue weighted by atomic mass is 10.1. The quantitative estimate of drug-likeness (QED) is 0.862. The second-order valence-corrected chi connectivity index (χ2v) is 4.92. The van der Waals surface area contributed by atoms with E-state index in [1.165, 1.54) is 19.3 Å². The van der Waals surface area contributed by atoms with E-state index in [0.717, 1.165) is 30.2 Å². The molecule has 18 heavy (non-hydrogen) atoms. The summed E-state index contributed by atoms with van der Waals surface area (Å²) in [6.07, 6.45) is 5.78. The molecule has 1 aliphatic heterocycles. The highest BCUT2D eigenvalue weighted by molar-refractivity contribution is 5.49. The van der Waals surface area contributed by atoms with Crippen molar-refractivity contribution in [3.63, 3.8) is 0 Å². The van der Waals surface area contributed by atoms with Gasteiger partial charge in [0.15, 0.2) is 5.65 Å². The summed E-state index contributed by atoms with van der Waals surface area (Å²) in [5.74, 6) is 0.719. The number of anilines is 1. The minimum Gasteiger partial charge on any atom is -0.351 e. The summed E-state index contributed by atoms with van der Waals surface area (Å²) in [6.45, 7) is 4.08. The molecule has 2 N–H and O–H groups in total. The Labute approximate surface area is 107 Å². The highest BCUT2D eigenvalue weighted by Gasteiger charge is 2.13. The van der Waals surface area contributed by atoms with Gasteiger partial charge in [0.25, 0.3) is 0 Å². The van der Waals surface area contributed by atoms with Crippen LogP contribution in [-0.4, -0.2) is 33.7 Å². The largest absolute Gasteiger partial charge is 0.351 e. The first kappa shape index (κ1) is 11.5. The van der Waals surface area contributed by atoms with Gasteiger partial charge in [-0.2, -0.15) is 4.98 Å². The lowest BCUT2D eigenvalue weighted by Crippen LogP contribution is -2.39. The summed E-state index contributed by atoms with van der Waals surface area (Å²) in [5.41, 5.74) is 2.07. The smallest absolute Gasteiger partial charge is 0.243 e. The van der Waals surface area contributed by atoms with Gasteiger partial charge in [-0.15, -0.1) is 5.10 Å². The Balaban J connectivity index is 1.69. The molecule has 0 aromatic carbocycles. The Morgan fingerprint density at radius 2 is 2.44 bits per heavy atom. The molecule has 2 aromatic heterocycles. The van der Waals surface area contributed by atoms with E-state index in [0.29, 0.717) is 6.04 Å². The molecule has 0 saturated carbocycles. The van der Waals surface area contributed by atoms with Crippen LogP contribution in [0.4, 0.5) is 5.95 Å². The number of nitrogens with zero attached hydrogens (tertiary/aromatic N) is 3. The fraction of sp³-hybridized carbons (Fsp3) is 0.538. The van der Waals surface area contributed by atoms with Crippen molar-refractivity contribution in [3.8, 4) is 0 Å². The van der Waals surface area contributed by atoms with E-state index in [9.17, 15) is 0 Å². The van der Waals surface area contributed by atoms with Crippen LogP contribution in [0.3, 0.4) is 0 Å². The molecule has 0 bridgehead atoms.